The van der Waals surface area contributed by atoms with Crippen molar-refractivity contribution in [3.63, 3.8) is 0 Å². The van der Waals surface area contributed by atoms with Crippen molar-refractivity contribution in [1.29, 1.82) is 0 Å². The molecule has 0 saturated carbocycles. The number of hydrogen-bond donors (Lipinski definition) is 2. The van der Waals surface area contributed by atoms with Gasteiger partial charge in [0.05, 0.1) is 26.5 Å². The molecule has 0 unspecified atom stereocenters. The lowest BCUT2D eigenvalue weighted by molar-refractivity contribution is -0.133. The second-order valence-corrected chi connectivity index (χ2v) is 9.03. The molecule has 36 heavy (non-hydrogen) atoms. The number of aromatic nitrogens is 2. The molecule has 1 aromatic carbocycles. The fourth-order valence-electron chi connectivity index (χ4n) is 4.38. The summed E-state index contributed by atoms with van der Waals surface area (Å²) in [7, 11) is 1.60. The van der Waals surface area contributed by atoms with Crippen LogP contribution in [0.2, 0.25) is 0 Å². The van der Waals surface area contributed by atoms with E-state index in [2.05, 4.69) is 15.6 Å². The zero-order chi connectivity index (χ0) is 25.9. The molecule has 0 saturated heterocycles. The number of fused-ring (bicyclic) bond motifs is 1. The Morgan fingerprint density at radius 3 is 2.53 bits per heavy atom. The molecule has 1 aliphatic rings. The van der Waals surface area contributed by atoms with Gasteiger partial charge in [0.15, 0.2) is 5.69 Å². The van der Waals surface area contributed by atoms with Crippen LogP contribution in [0.5, 0.6) is 5.75 Å². The molecule has 3 amide bonds. The molecule has 3 heterocycles. The van der Waals surface area contributed by atoms with E-state index in [1.807, 2.05) is 44.2 Å². The van der Waals surface area contributed by atoms with Gasteiger partial charge in [0.2, 0.25) is 5.91 Å². The van der Waals surface area contributed by atoms with Crippen LogP contribution >= 0.6 is 0 Å². The van der Waals surface area contributed by atoms with E-state index in [-0.39, 0.29) is 30.4 Å². The van der Waals surface area contributed by atoms with Crippen LogP contribution in [0.3, 0.4) is 0 Å². The number of rotatable bonds is 9. The number of carbonyl (C=O) groups excluding carboxylic acids is 3. The van der Waals surface area contributed by atoms with Crippen LogP contribution < -0.4 is 15.4 Å². The van der Waals surface area contributed by atoms with Crippen LogP contribution in [0.15, 0.2) is 47.1 Å². The normalized spacial score (nSPS) is 17.0. The van der Waals surface area contributed by atoms with Crippen LogP contribution in [-0.2, 0) is 24.4 Å². The molecule has 0 bridgehead atoms. The molecule has 3 aromatic rings. The first-order valence-corrected chi connectivity index (χ1v) is 11.9. The molecule has 0 spiro atoms. The summed E-state index contributed by atoms with van der Waals surface area (Å²) in [6, 6.07) is 11.0. The van der Waals surface area contributed by atoms with E-state index in [9.17, 15) is 14.4 Å². The number of imidazole rings is 1. The van der Waals surface area contributed by atoms with Crippen molar-refractivity contribution < 1.29 is 23.5 Å². The second kappa shape index (κ2) is 10.3. The Labute approximate surface area is 209 Å². The first kappa shape index (κ1) is 25.0. The predicted molar refractivity (Wildman–Crippen MR) is 131 cm³/mol. The lowest BCUT2D eigenvalue weighted by Crippen LogP contribution is -2.64. The quantitative estimate of drug-likeness (QED) is 0.473. The van der Waals surface area contributed by atoms with Crippen molar-refractivity contribution in [3.8, 4) is 5.75 Å². The number of hydrogen-bond acceptors (Lipinski definition) is 6. The Hall–Kier alpha value is -4.08. The molecule has 0 fully saturated rings. The molecule has 10 nitrogen and oxygen atoms in total. The zero-order valence-electron chi connectivity index (χ0n) is 21.0. The third-order valence-corrected chi connectivity index (χ3v) is 6.34. The molecule has 2 N–H and O–H groups in total. The van der Waals surface area contributed by atoms with E-state index in [1.54, 1.807) is 29.6 Å². The number of furan rings is 1. The highest BCUT2D eigenvalue weighted by Crippen LogP contribution is 2.29. The van der Waals surface area contributed by atoms with Gasteiger partial charge in [0.1, 0.15) is 28.5 Å². The van der Waals surface area contributed by atoms with Crippen molar-refractivity contribution in [2.24, 2.45) is 0 Å². The number of aryl methyl sites for hydroxylation is 1. The summed E-state index contributed by atoms with van der Waals surface area (Å²) >= 11 is 0. The van der Waals surface area contributed by atoms with Gasteiger partial charge >= 0.3 is 0 Å². The summed E-state index contributed by atoms with van der Waals surface area (Å²) in [5.74, 6) is 0.925. The number of nitrogens with one attached hydrogen (secondary N) is 2. The van der Waals surface area contributed by atoms with Crippen molar-refractivity contribution in [2.45, 2.75) is 52.4 Å². The number of methoxy groups -OCH3 is 1. The third-order valence-electron chi connectivity index (χ3n) is 6.34. The van der Waals surface area contributed by atoms with Crippen molar-refractivity contribution in [3.05, 3.63) is 71.2 Å². The predicted octanol–water partition coefficient (Wildman–Crippen LogP) is 2.66. The van der Waals surface area contributed by atoms with Gasteiger partial charge < -0.3 is 29.3 Å². The molecule has 1 aliphatic heterocycles. The van der Waals surface area contributed by atoms with E-state index in [1.165, 1.54) is 6.33 Å². The molecular weight excluding hydrogens is 462 g/mol. The number of ether oxygens (including phenoxy) is 1. The van der Waals surface area contributed by atoms with Crippen LogP contribution in [0.4, 0.5) is 0 Å². The minimum absolute atomic E-state index is 0.0325. The highest BCUT2D eigenvalue weighted by atomic mass is 16.5. The molecule has 10 heteroatoms. The topological polar surface area (TPSA) is 119 Å². The second-order valence-electron chi connectivity index (χ2n) is 9.03. The molecule has 190 valence electrons. The van der Waals surface area contributed by atoms with Crippen LogP contribution in [0.1, 0.15) is 58.3 Å². The maximum atomic E-state index is 13.6. The van der Waals surface area contributed by atoms with Crippen LogP contribution in [-0.4, -0.2) is 51.4 Å². The van der Waals surface area contributed by atoms with Crippen molar-refractivity contribution >= 4 is 17.7 Å². The monoisotopic (exact) mass is 493 g/mol. The first-order chi connectivity index (χ1) is 17.3. The Bertz CT molecular complexity index is 1260. The number of amides is 3. The average Bonchev–Trinajstić information content (AvgIpc) is 3.49. The summed E-state index contributed by atoms with van der Waals surface area (Å²) in [5.41, 5.74) is -0.0276. The van der Waals surface area contributed by atoms with Crippen LogP contribution in [0.25, 0.3) is 0 Å². The minimum atomic E-state index is -1.15. The number of benzene rings is 1. The summed E-state index contributed by atoms with van der Waals surface area (Å²) in [4.78, 5) is 45.7. The van der Waals surface area contributed by atoms with E-state index < -0.39 is 17.4 Å². The third kappa shape index (κ3) is 4.84. The maximum absolute atomic E-state index is 13.6. The van der Waals surface area contributed by atoms with Gasteiger partial charge in [-0.3, -0.25) is 14.4 Å². The summed E-state index contributed by atoms with van der Waals surface area (Å²) in [6.45, 7) is 6.53. The van der Waals surface area contributed by atoms with E-state index >= 15 is 0 Å². The molecular formula is C26H31N5O5. The number of carbonyl (C=O) groups is 3. The average molecular weight is 494 g/mol. The molecule has 4 rings (SSSR count). The van der Waals surface area contributed by atoms with Crippen molar-refractivity contribution in [2.75, 3.05) is 13.7 Å². The first-order valence-electron chi connectivity index (χ1n) is 11.9. The van der Waals surface area contributed by atoms with Crippen molar-refractivity contribution in [1.82, 2.24) is 25.1 Å². The largest absolute Gasteiger partial charge is 0.497 e. The smallest absolute Gasteiger partial charge is 0.273 e. The summed E-state index contributed by atoms with van der Waals surface area (Å²) in [6.07, 6.45) is 2.10. The summed E-state index contributed by atoms with van der Waals surface area (Å²) < 4.78 is 12.3. The lowest BCUT2D eigenvalue weighted by Gasteiger charge is -2.43. The zero-order valence-corrected chi connectivity index (χ0v) is 21.0. The molecule has 0 aliphatic carbocycles. The van der Waals surface area contributed by atoms with E-state index in [0.717, 1.165) is 17.1 Å². The Morgan fingerprint density at radius 2 is 1.89 bits per heavy atom. The van der Waals surface area contributed by atoms with Gasteiger partial charge in [0.25, 0.3) is 11.8 Å². The number of nitrogens with zero attached hydrogens (tertiary/aromatic N) is 3. The molecule has 2 aromatic heterocycles. The maximum Gasteiger partial charge on any atom is 0.273 e. The Kier molecular flexibility index (Phi) is 7.14. The Balaban J connectivity index is 1.52. The van der Waals surface area contributed by atoms with Gasteiger partial charge in [0, 0.05) is 13.1 Å². The molecule has 0 radical (unpaired) electrons. The van der Waals surface area contributed by atoms with Gasteiger partial charge in [-0.05, 0) is 50.1 Å². The van der Waals surface area contributed by atoms with Gasteiger partial charge in [-0.15, -0.1) is 0 Å². The standard InChI is InChI=1S/C26H31N5O5/c1-5-12-31-24(33)22-21(23(32)27-14-20-9-6-17(2)36-20)29-16-30(22)15-26(31,3)25(34)28-13-18-7-10-19(35-4)11-8-18/h6-11,16H,5,12-15H2,1-4H3,(H,27,32)(H,28,34)/t26-/m0/s1. The van der Waals surface area contributed by atoms with Crippen LogP contribution in [0, 0.1) is 6.92 Å². The van der Waals surface area contributed by atoms with Gasteiger partial charge in [-0.25, -0.2) is 4.98 Å². The van der Waals surface area contributed by atoms with Gasteiger partial charge in [-0.1, -0.05) is 19.1 Å². The highest BCUT2D eigenvalue weighted by Gasteiger charge is 2.48. The van der Waals surface area contributed by atoms with E-state index in [0.29, 0.717) is 25.3 Å². The SMILES string of the molecule is CCCN1C(=O)c2c(C(=O)NCc3ccc(C)o3)ncn2C[C@@]1(C)C(=O)NCc1ccc(OC)cc1. The lowest BCUT2D eigenvalue weighted by atomic mass is 9.94. The van der Waals surface area contributed by atoms with E-state index in [4.69, 9.17) is 9.15 Å². The summed E-state index contributed by atoms with van der Waals surface area (Å²) in [5, 5.41) is 5.71. The fraction of sp³-hybridized carbons (Fsp3) is 0.385. The minimum Gasteiger partial charge on any atom is -0.497 e. The van der Waals surface area contributed by atoms with Gasteiger partial charge in [-0.2, -0.15) is 0 Å². The highest BCUT2D eigenvalue weighted by molar-refractivity contribution is 6.07. The fourth-order valence-corrected chi connectivity index (χ4v) is 4.38. The molecule has 1 atom stereocenters. The Morgan fingerprint density at radius 1 is 1.14 bits per heavy atom.